The van der Waals surface area contributed by atoms with Gasteiger partial charge in [-0.2, -0.15) is 0 Å². The van der Waals surface area contributed by atoms with Crippen LogP contribution in [0.15, 0.2) is 40.5 Å². The highest BCUT2D eigenvalue weighted by Crippen LogP contribution is 2.19. The number of aliphatic imine (C=N–C) groups is 1. The van der Waals surface area contributed by atoms with Crippen LogP contribution in [0.2, 0.25) is 0 Å². The van der Waals surface area contributed by atoms with Gasteiger partial charge in [0.05, 0.1) is 19.4 Å². The van der Waals surface area contributed by atoms with Crippen molar-refractivity contribution < 1.29 is 14.3 Å². The van der Waals surface area contributed by atoms with Gasteiger partial charge in [-0.15, -0.1) is 0 Å². The zero-order valence-electron chi connectivity index (χ0n) is 11.9. The van der Waals surface area contributed by atoms with Crippen molar-refractivity contribution in [2.45, 2.75) is 13.8 Å². The van der Waals surface area contributed by atoms with Crippen molar-refractivity contribution in [1.29, 1.82) is 0 Å². The van der Waals surface area contributed by atoms with E-state index in [-0.39, 0.29) is 5.97 Å². The number of allylic oxidation sites excluding steroid dienone is 1. The second-order valence-corrected chi connectivity index (χ2v) is 4.29. The lowest BCUT2D eigenvalue weighted by molar-refractivity contribution is -0.137. The Hall–Kier alpha value is -2.30. The molecule has 1 aromatic carbocycles. The van der Waals surface area contributed by atoms with E-state index in [4.69, 9.17) is 9.47 Å². The van der Waals surface area contributed by atoms with Gasteiger partial charge in [-0.25, -0.2) is 4.79 Å². The highest BCUT2D eigenvalue weighted by molar-refractivity contribution is 6.27. The van der Waals surface area contributed by atoms with Crippen molar-refractivity contribution in [3.8, 4) is 5.75 Å². The molecule has 1 heterocycles. The Morgan fingerprint density at radius 1 is 1.35 bits per heavy atom. The van der Waals surface area contributed by atoms with Gasteiger partial charge in [-0.1, -0.05) is 0 Å². The molecule has 0 atom stereocenters. The number of hydrogen-bond donors (Lipinski definition) is 1. The molecule has 1 aliphatic rings. The maximum atomic E-state index is 12.1. The number of ether oxygens (including phenoxy) is 2. The lowest BCUT2D eigenvalue weighted by Gasteiger charge is -2.19. The second kappa shape index (κ2) is 6.23. The van der Waals surface area contributed by atoms with Crippen LogP contribution >= 0.6 is 0 Å². The minimum atomic E-state index is -0.355. The molecule has 0 saturated heterocycles. The van der Waals surface area contributed by atoms with Crippen molar-refractivity contribution in [3.05, 3.63) is 41.1 Å². The summed E-state index contributed by atoms with van der Waals surface area (Å²) in [6.07, 6.45) is 0. The smallest absolute Gasteiger partial charge is 0.342 e. The fourth-order valence-corrected chi connectivity index (χ4v) is 2.02. The van der Waals surface area contributed by atoms with Crippen molar-refractivity contribution in [3.63, 3.8) is 0 Å². The summed E-state index contributed by atoms with van der Waals surface area (Å²) in [5, 5.41) is 3.06. The summed E-state index contributed by atoms with van der Waals surface area (Å²) in [5.74, 6) is 0.411. The molecule has 2 rings (SSSR count). The van der Waals surface area contributed by atoms with Gasteiger partial charge in [0.15, 0.2) is 0 Å². The molecule has 5 nitrogen and oxygen atoms in total. The average molecular weight is 274 g/mol. The van der Waals surface area contributed by atoms with Crippen molar-refractivity contribution in [1.82, 2.24) is 5.32 Å². The molecule has 0 radical (unpaired) electrons. The minimum absolute atomic E-state index is 0.339. The maximum absolute atomic E-state index is 12.1. The predicted molar refractivity (Wildman–Crippen MR) is 76.9 cm³/mol. The first-order valence-electron chi connectivity index (χ1n) is 6.48. The number of methoxy groups -OCH3 is 1. The van der Waals surface area contributed by atoms with E-state index >= 15 is 0 Å². The summed E-state index contributed by atoms with van der Waals surface area (Å²) < 4.78 is 10.2. The Labute approximate surface area is 118 Å². The molecule has 0 aromatic heterocycles. The Kier molecular flexibility index (Phi) is 4.40. The maximum Gasteiger partial charge on any atom is 0.342 e. The number of carbonyl (C=O) groups excluding carboxylic acids is 1. The Morgan fingerprint density at radius 3 is 2.65 bits per heavy atom. The van der Waals surface area contributed by atoms with Crippen LogP contribution in [0, 0.1) is 0 Å². The first-order chi connectivity index (χ1) is 9.67. The lowest BCUT2D eigenvalue weighted by atomic mass is 9.99. The predicted octanol–water partition coefficient (Wildman–Crippen LogP) is 1.88. The molecule has 0 spiro atoms. The number of esters is 1. The molecule has 1 aliphatic heterocycles. The molecule has 0 saturated carbocycles. The quantitative estimate of drug-likeness (QED) is 0.852. The molecule has 1 N–H and O–H groups in total. The van der Waals surface area contributed by atoms with Crippen molar-refractivity contribution in [2.75, 3.05) is 20.4 Å². The van der Waals surface area contributed by atoms with Crippen LogP contribution in [0.4, 0.5) is 0 Å². The van der Waals surface area contributed by atoms with E-state index in [1.54, 1.807) is 14.0 Å². The third-order valence-electron chi connectivity index (χ3n) is 3.04. The highest BCUT2D eigenvalue weighted by Gasteiger charge is 2.24. The first-order valence-corrected chi connectivity index (χ1v) is 6.48. The van der Waals surface area contributed by atoms with Crippen molar-refractivity contribution in [2.24, 2.45) is 4.99 Å². The summed E-state index contributed by atoms with van der Waals surface area (Å²) in [7, 11) is 1.62. The summed E-state index contributed by atoms with van der Waals surface area (Å²) in [6, 6.07) is 7.46. The summed E-state index contributed by atoms with van der Waals surface area (Å²) in [5.41, 5.74) is 2.80. The van der Waals surface area contributed by atoms with Gasteiger partial charge in [-0.3, -0.25) is 4.99 Å². The van der Waals surface area contributed by atoms with Crippen LogP contribution in [0.3, 0.4) is 0 Å². The lowest BCUT2D eigenvalue weighted by Crippen LogP contribution is -2.29. The standard InChI is InChI=1S/C15H18N2O3/c1-4-20-15(18)13-10(2)16-9-17-14(13)11-5-7-12(19-3)8-6-11/h5-8,16H,4,9H2,1-3H3. The van der Waals surface area contributed by atoms with Gasteiger partial charge in [0.2, 0.25) is 0 Å². The Morgan fingerprint density at radius 2 is 2.05 bits per heavy atom. The van der Waals surface area contributed by atoms with Gasteiger partial charge in [0, 0.05) is 11.3 Å². The van der Waals surface area contributed by atoms with Gasteiger partial charge in [-0.05, 0) is 38.1 Å². The van der Waals surface area contributed by atoms with E-state index in [1.807, 2.05) is 31.2 Å². The monoisotopic (exact) mass is 274 g/mol. The zero-order chi connectivity index (χ0) is 14.5. The van der Waals surface area contributed by atoms with E-state index in [0.29, 0.717) is 24.6 Å². The Bertz CT molecular complexity index is 559. The number of carbonyl (C=O) groups is 1. The normalized spacial score (nSPS) is 14.4. The molecule has 0 unspecified atom stereocenters. The number of benzene rings is 1. The van der Waals surface area contributed by atoms with Gasteiger partial charge in [0.1, 0.15) is 18.0 Å². The summed E-state index contributed by atoms with van der Waals surface area (Å²) in [4.78, 5) is 16.5. The molecular weight excluding hydrogens is 256 g/mol. The van der Waals surface area contributed by atoms with Crippen LogP contribution in [0.25, 0.3) is 0 Å². The van der Waals surface area contributed by atoms with Crippen molar-refractivity contribution >= 4 is 11.7 Å². The zero-order valence-corrected chi connectivity index (χ0v) is 11.9. The molecule has 0 aliphatic carbocycles. The van der Waals surface area contributed by atoms with Crippen LogP contribution < -0.4 is 10.1 Å². The van der Waals surface area contributed by atoms with Gasteiger partial charge in [0.25, 0.3) is 0 Å². The van der Waals surface area contributed by atoms with Gasteiger partial charge >= 0.3 is 5.97 Å². The Balaban J connectivity index is 2.37. The minimum Gasteiger partial charge on any atom is -0.497 e. The SMILES string of the molecule is CCOC(=O)C1=C(C)NCN=C1c1ccc(OC)cc1. The van der Waals surface area contributed by atoms with E-state index in [2.05, 4.69) is 10.3 Å². The average Bonchev–Trinajstić information content (AvgIpc) is 2.47. The topological polar surface area (TPSA) is 59.9 Å². The molecule has 0 fully saturated rings. The third-order valence-corrected chi connectivity index (χ3v) is 3.04. The number of nitrogens with one attached hydrogen (secondary N) is 1. The van der Waals surface area contributed by atoms with E-state index in [0.717, 1.165) is 17.0 Å². The molecule has 0 bridgehead atoms. The summed E-state index contributed by atoms with van der Waals surface area (Å²) >= 11 is 0. The first kappa shape index (κ1) is 14.1. The highest BCUT2D eigenvalue weighted by atomic mass is 16.5. The van der Waals surface area contributed by atoms with Crippen LogP contribution in [-0.2, 0) is 9.53 Å². The fourth-order valence-electron chi connectivity index (χ4n) is 2.02. The molecule has 106 valence electrons. The molecule has 20 heavy (non-hydrogen) atoms. The van der Waals surface area contributed by atoms with E-state index in [9.17, 15) is 4.79 Å². The second-order valence-electron chi connectivity index (χ2n) is 4.29. The largest absolute Gasteiger partial charge is 0.497 e. The van der Waals surface area contributed by atoms with Crippen LogP contribution in [-0.4, -0.2) is 32.1 Å². The molecule has 5 heteroatoms. The van der Waals surface area contributed by atoms with Gasteiger partial charge < -0.3 is 14.8 Å². The molecule has 0 amide bonds. The fraction of sp³-hybridized carbons (Fsp3) is 0.333. The summed E-state index contributed by atoms with van der Waals surface area (Å²) in [6.45, 7) is 4.43. The van der Waals surface area contributed by atoms with E-state index < -0.39 is 0 Å². The van der Waals surface area contributed by atoms with E-state index in [1.165, 1.54) is 0 Å². The number of nitrogens with zero attached hydrogens (tertiary/aromatic N) is 1. The molecule has 1 aromatic rings. The van der Waals surface area contributed by atoms with Crippen LogP contribution in [0.5, 0.6) is 5.75 Å². The molecular formula is C15H18N2O3. The number of rotatable bonds is 4. The van der Waals surface area contributed by atoms with Crippen LogP contribution in [0.1, 0.15) is 19.4 Å². The number of hydrogen-bond acceptors (Lipinski definition) is 5. The third kappa shape index (κ3) is 2.82.